The van der Waals surface area contributed by atoms with E-state index in [4.69, 9.17) is 30.6 Å². The first-order chi connectivity index (χ1) is 24.2. The molecule has 2 aliphatic rings. The third kappa shape index (κ3) is 19.8. The molecule has 2 aliphatic carbocycles. The van der Waals surface area contributed by atoms with Gasteiger partial charge in [-0.1, -0.05) is 18.1 Å². The molecule has 2 fully saturated rings. The molecule has 0 saturated heterocycles. The van der Waals surface area contributed by atoms with E-state index in [1.807, 2.05) is 0 Å². The van der Waals surface area contributed by atoms with E-state index < -0.39 is 115 Å². The van der Waals surface area contributed by atoms with Crippen LogP contribution in [0.2, 0.25) is 0 Å². The summed E-state index contributed by atoms with van der Waals surface area (Å²) >= 11 is 0. The number of carbonyl (C=O) groups is 6. The smallest absolute Gasteiger partial charge is 0.301 e. The van der Waals surface area contributed by atoms with E-state index in [9.17, 15) is 59.4 Å². The first-order valence-corrected chi connectivity index (χ1v) is 15.7. The van der Waals surface area contributed by atoms with Crippen molar-refractivity contribution in [1.82, 2.24) is 0 Å². The van der Waals surface area contributed by atoms with Gasteiger partial charge < -0.3 is 93.2 Å². The second kappa shape index (κ2) is 29.3. The molecule has 2 saturated carbocycles. The van der Waals surface area contributed by atoms with Crippen LogP contribution in [0.1, 0.15) is 38.5 Å². The summed E-state index contributed by atoms with van der Waals surface area (Å²) in [7, 11) is 0. The van der Waals surface area contributed by atoms with Crippen LogP contribution in [0.25, 0.3) is 31.9 Å². The van der Waals surface area contributed by atoms with Crippen LogP contribution in [0.15, 0.2) is 0 Å². The van der Waals surface area contributed by atoms with Crippen LogP contribution in [0.3, 0.4) is 0 Å². The maximum absolute atomic E-state index is 10.6. The molecule has 0 aromatic heterocycles. The number of aliphatic hydroxyl groups excluding tert-OH is 4. The molecule has 0 aromatic rings. The van der Waals surface area contributed by atoms with Crippen molar-refractivity contribution < 1.29 is 201 Å². The molecule has 27 heteroatoms. The molecule has 345 valence electrons. The summed E-state index contributed by atoms with van der Waals surface area (Å²) < 4.78 is 0. The summed E-state index contributed by atoms with van der Waals surface area (Å²) in [6, 6.07) is -5.16. The van der Waals surface area contributed by atoms with Crippen LogP contribution in [-0.4, -0.2) is 196 Å². The Morgan fingerprint density at radius 2 is 0.618 bits per heavy atom. The number of carboxylic acid groups (broad SMARTS) is 6. The fourth-order valence-corrected chi connectivity index (χ4v) is 5.18. The van der Waals surface area contributed by atoms with Gasteiger partial charge in [0, 0.05) is 167 Å². The van der Waals surface area contributed by atoms with E-state index in [2.05, 4.69) is 31.9 Å². The van der Waals surface area contributed by atoms with Crippen LogP contribution < -0.4 is 0 Å². The second-order valence-electron chi connectivity index (χ2n) is 11.6. The first kappa shape index (κ1) is 59.4. The van der Waals surface area contributed by atoms with Crippen molar-refractivity contribution >= 4 is 35.8 Å². The Balaban J connectivity index is -0.000000935. The van der Waals surface area contributed by atoms with Crippen molar-refractivity contribution in [3.8, 4) is 0 Å². The number of hydrogen-bond acceptors (Lipinski definition) is 12. The minimum Gasteiger partial charge on any atom is -0.657 e. The maximum atomic E-state index is 10.6. The van der Waals surface area contributed by atoms with Gasteiger partial charge in [-0.05, 0) is 11.4 Å². The van der Waals surface area contributed by atoms with Crippen LogP contribution in [0.4, 0.5) is 0 Å². The van der Waals surface area contributed by atoms with E-state index in [1.54, 1.807) is 0 Å². The van der Waals surface area contributed by atoms with Crippen LogP contribution >= 0.6 is 0 Å². The largest absolute Gasteiger partial charge is 0.657 e. The standard InChI is InChI=1S/C15H24N3O9.C13H20N3O9.3Lu/c19-7(20)1-4-16-10-13(25)11(17-5-2-8(21)22)15(27)12(14(10)26)18-6-3-9(23)24;17-7(18)1-4-14-10-12(24,15-5-2-8(19)20)11(23)13(10,25)16-6-3-9(21)22;;;/h10-15,25-27H,1-6H2,(H,19,20)(H,21,22)(H,23,24);10-11,23-25H,1-6H2,(H,17,18)(H,19,20)(H,21,22);;;/q2*-3;;;. The van der Waals surface area contributed by atoms with Gasteiger partial charge in [-0.3, -0.25) is 28.8 Å². The third-order valence-electron chi connectivity index (χ3n) is 7.72. The minimum absolute atomic E-state index is 0. The molecule has 0 aromatic carbocycles. The van der Waals surface area contributed by atoms with Gasteiger partial charge in [-0.15, -0.1) is 45.3 Å². The molecule has 3 radical (unpaired) electrons. The van der Waals surface area contributed by atoms with Gasteiger partial charge in [-0.2, -0.15) is 0 Å². The van der Waals surface area contributed by atoms with Crippen LogP contribution in [0.5, 0.6) is 0 Å². The van der Waals surface area contributed by atoms with E-state index in [0.717, 1.165) is 0 Å². The van der Waals surface area contributed by atoms with Crippen LogP contribution in [-0.2, 0) is 28.8 Å². The van der Waals surface area contributed by atoms with Gasteiger partial charge in [0.25, 0.3) is 0 Å². The molecule has 2 rings (SSSR count). The number of carboxylic acids is 6. The zero-order valence-electron chi connectivity index (χ0n) is 28.4. The molecule has 0 aliphatic heterocycles. The maximum Gasteiger partial charge on any atom is 0.301 e. The summed E-state index contributed by atoms with van der Waals surface area (Å²) in [5, 5.41) is 137. The molecule has 55 heavy (non-hydrogen) atoms. The zero-order valence-corrected chi connectivity index (χ0v) is 33.3. The Morgan fingerprint density at radius 3 is 0.855 bits per heavy atom. The Bertz CT molecular complexity index is 1120. The summed E-state index contributed by atoms with van der Waals surface area (Å²) in [6.45, 7) is -1.67. The zero-order chi connectivity index (χ0) is 39.8. The van der Waals surface area contributed by atoms with Crippen LogP contribution in [0, 0.1) is 111 Å². The van der Waals surface area contributed by atoms with Gasteiger partial charge in [0.2, 0.25) is 0 Å². The summed E-state index contributed by atoms with van der Waals surface area (Å²) in [5.41, 5.74) is -4.68. The summed E-state index contributed by atoms with van der Waals surface area (Å²) in [6.07, 6.45) is -8.66. The predicted molar refractivity (Wildman–Crippen MR) is 172 cm³/mol. The Kier molecular flexibility index (Phi) is 31.6. The van der Waals surface area contributed by atoms with Gasteiger partial charge >= 0.3 is 35.8 Å². The van der Waals surface area contributed by atoms with Crippen molar-refractivity contribution in [2.75, 3.05) is 39.3 Å². The van der Waals surface area contributed by atoms with Gasteiger partial charge in [0.15, 0.2) is 0 Å². The molecule has 24 nitrogen and oxygen atoms in total. The quantitative estimate of drug-likeness (QED) is 0.0471. The van der Waals surface area contributed by atoms with Crippen molar-refractivity contribution in [3.63, 3.8) is 0 Å². The summed E-state index contributed by atoms with van der Waals surface area (Å²) in [5.74, 6) is -6.93. The minimum atomic E-state index is -2.34. The SMILES string of the molecule is O=C(O)CC[N-]C1C(O)([N-]CCC(=O)O)C(O)C1(O)[N-]CCC(=O)O.O=C(O)CC[N-]C1C(O)C([N-]CCC(=O)O)C(O)C([N-]CCC(=O)O)C1O.[Lu].[Lu].[Lu]. The molecule has 0 amide bonds. The predicted octanol–water partition coefficient (Wildman–Crippen LogP) is -2.61. The van der Waals surface area contributed by atoms with Crippen molar-refractivity contribution in [1.29, 1.82) is 0 Å². The molecule has 2 unspecified atom stereocenters. The monoisotopic (exact) mass is 1280 g/mol. The van der Waals surface area contributed by atoms with E-state index in [0.29, 0.717) is 0 Å². The third-order valence-corrected chi connectivity index (χ3v) is 7.72. The number of aliphatic hydroxyl groups is 6. The molecular weight excluding hydrogens is 1230 g/mol. The molecule has 2 atom stereocenters. The van der Waals surface area contributed by atoms with Gasteiger partial charge in [0.05, 0.1) is 6.10 Å². The number of aliphatic carboxylic acids is 6. The molecule has 0 spiro atoms. The molecular formula is C28H44Lu3N6O18-6. The molecule has 0 heterocycles. The van der Waals surface area contributed by atoms with Gasteiger partial charge in [-0.25, -0.2) is 0 Å². The topological polar surface area (TPSA) is 430 Å². The molecule has 0 bridgehead atoms. The fourth-order valence-electron chi connectivity index (χ4n) is 5.18. The number of nitrogens with zero attached hydrogens (tertiary/aromatic N) is 6. The van der Waals surface area contributed by atoms with Crippen molar-refractivity contribution in [2.45, 2.75) is 98.6 Å². The first-order valence-electron chi connectivity index (χ1n) is 15.7. The number of rotatable bonds is 24. The Hall–Kier alpha value is 0.0413. The van der Waals surface area contributed by atoms with Gasteiger partial charge in [0.1, 0.15) is 0 Å². The Morgan fingerprint density at radius 1 is 0.400 bits per heavy atom. The van der Waals surface area contributed by atoms with E-state index >= 15 is 0 Å². The fraction of sp³-hybridized carbons (Fsp3) is 0.786. The van der Waals surface area contributed by atoms with Crippen molar-refractivity contribution in [2.24, 2.45) is 0 Å². The number of hydrogen-bond donors (Lipinski definition) is 12. The second-order valence-corrected chi connectivity index (χ2v) is 11.6. The average Bonchev–Trinajstić information content (AvgIpc) is 3.03. The molecule has 12 N–H and O–H groups in total. The average molecular weight is 1280 g/mol. The summed E-state index contributed by atoms with van der Waals surface area (Å²) in [4.78, 5) is 63.5. The normalized spacial score (nSPS) is 29.3. The van der Waals surface area contributed by atoms with Crippen molar-refractivity contribution in [3.05, 3.63) is 31.9 Å². The van der Waals surface area contributed by atoms with E-state index in [1.165, 1.54) is 0 Å². The van der Waals surface area contributed by atoms with E-state index in [-0.39, 0.29) is 169 Å². The Labute approximate surface area is 401 Å².